The van der Waals surface area contributed by atoms with Gasteiger partial charge < -0.3 is 9.47 Å². The minimum absolute atomic E-state index is 0.311. The van der Waals surface area contributed by atoms with Crippen LogP contribution >= 0.6 is 0 Å². The Morgan fingerprint density at radius 3 is 2.17 bits per heavy atom. The van der Waals surface area contributed by atoms with E-state index < -0.39 is 0 Å². The van der Waals surface area contributed by atoms with Crippen molar-refractivity contribution in [1.29, 1.82) is 0 Å². The van der Waals surface area contributed by atoms with Gasteiger partial charge in [0.15, 0.2) is 22.8 Å². The summed E-state index contributed by atoms with van der Waals surface area (Å²) in [5, 5.41) is 0. The van der Waals surface area contributed by atoms with E-state index in [4.69, 9.17) is 19.4 Å². The van der Waals surface area contributed by atoms with Gasteiger partial charge in [-0.2, -0.15) is 0 Å². The van der Waals surface area contributed by atoms with Crippen molar-refractivity contribution in [2.75, 3.05) is 14.2 Å². The van der Waals surface area contributed by atoms with Gasteiger partial charge in [-0.05, 0) is 48.5 Å². The maximum absolute atomic E-state index is 13.5. The molecule has 0 bridgehead atoms. The zero-order valence-electron chi connectivity index (χ0n) is 16.3. The van der Waals surface area contributed by atoms with Crippen molar-refractivity contribution in [3.63, 3.8) is 0 Å². The molecule has 0 saturated heterocycles. The van der Waals surface area contributed by atoms with Crippen LogP contribution in [0.15, 0.2) is 66.7 Å². The number of benzene rings is 3. The van der Waals surface area contributed by atoms with Crippen LogP contribution in [-0.4, -0.2) is 33.7 Å². The highest BCUT2D eigenvalue weighted by atomic mass is 19.1. The van der Waals surface area contributed by atoms with Gasteiger partial charge in [-0.15, -0.1) is 0 Å². The summed E-state index contributed by atoms with van der Waals surface area (Å²) in [5.74, 6) is 1.49. The summed E-state index contributed by atoms with van der Waals surface area (Å²) in [6.07, 6.45) is 0. The highest BCUT2D eigenvalue weighted by Gasteiger charge is 2.19. The van der Waals surface area contributed by atoms with Gasteiger partial charge in [0.1, 0.15) is 11.6 Å². The number of para-hydroxylation sites is 2. The molecule has 2 heterocycles. The fourth-order valence-electron chi connectivity index (χ4n) is 3.46. The molecular weight excluding hydrogens is 383 g/mol. The highest BCUT2D eigenvalue weighted by molar-refractivity contribution is 5.86. The minimum atomic E-state index is -0.311. The van der Waals surface area contributed by atoms with E-state index in [1.807, 2.05) is 47.0 Å². The summed E-state index contributed by atoms with van der Waals surface area (Å²) < 4.78 is 26.2. The molecule has 6 nitrogen and oxygen atoms in total. The highest BCUT2D eigenvalue weighted by Crippen LogP contribution is 2.33. The Kier molecular flexibility index (Phi) is 4.28. The summed E-state index contributed by atoms with van der Waals surface area (Å²) in [7, 11) is 3.17. The number of hydrogen-bond acceptors (Lipinski definition) is 5. The number of nitrogens with zero attached hydrogens (tertiary/aromatic N) is 4. The van der Waals surface area contributed by atoms with E-state index in [1.165, 1.54) is 12.1 Å². The molecule has 0 spiro atoms. The van der Waals surface area contributed by atoms with Gasteiger partial charge >= 0.3 is 0 Å². The van der Waals surface area contributed by atoms with Crippen molar-refractivity contribution in [1.82, 2.24) is 19.5 Å². The first-order valence-electron chi connectivity index (χ1n) is 9.31. The molecule has 0 aliphatic heterocycles. The molecule has 148 valence electrons. The molecule has 0 radical (unpaired) electrons. The second-order valence-corrected chi connectivity index (χ2v) is 6.68. The third kappa shape index (κ3) is 2.91. The molecular formula is C23H17FN4O2. The molecule has 30 heavy (non-hydrogen) atoms. The van der Waals surface area contributed by atoms with E-state index >= 15 is 0 Å². The molecule has 0 amide bonds. The van der Waals surface area contributed by atoms with Crippen LogP contribution in [0.3, 0.4) is 0 Å². The summed E-state index contributed by atoms with van der Waals surface area (Å²) in [6.45, 7) is 0. The van der Waals surface area contributed by atoms with E-state index in [0.29, 0.717) is 28.6 Å². The quantitative estimate of drug-likeness (QED) is 0.434. The normalized spacial score (nSPS) is 11.2. The molecule has 7 heteroatoms. The van der Waals surface area contributed by atoms with Gasteiger partial charge in [-0.3, -0.25) is 4.57 Å². The van der Waals surface area contributed by atoms with Crippen molar-refractivity contribution in [3.05, 3.63) is 72.5 Å². The van der Waals surface area contributed by atoms with E-state index in [-0.39, 0.29) is 5.82 Å². The molecule has 0 fully saturated rings. The van der Waals surface area contributed by atoms with Crippen LogP contribution in [-0.2, 0) is 0 Å². The van der Waals surface area contributed by atoms with Crippen molar-refractivity contribution in [3.8, 4) is 28.6 Å². The monoisotopic (exact) mass is 400 g/mol. The number of aromatic nitrogens is 4. The third-order valence-electron chi connectivity index (χ3n) is 4.90. The van der Waals surface area contributed by atoms with Gasteiger partial charge in [-0.25, -0.2) is 19.3 Å². The molecule has 0 atom stereocenters. The Morgan fingerprint density at radius 1 is 0.767 bits per heavy atom. The summed E-state index contributed by atoms with van der Waals surface area (Å²) in [6, 6.07) is 19.4. The van der Waals surface area contributed by atoms with Crippen molar-refractivity contribution in [2.45, 2.75) is 0 Å². The second kappa shape index (κ2) is 7.11. The lowest BCUT2D eigenvalue weighted by molar-refractivity contribution is 0.355. The van der Waals surface area contributed by atoms with Gasteiger partial charge in [0.2, 0.25) is 0 Å². The molecule has 3 aromatic carbocycles. The molecule has 0 aliphatic rings. The Labute approximate surface area is 171 Å². The first kappa shape index (κ1) is 18.1. The van der Waals surface area contributed by atoms with Crippen LogP contribution in [0.5, 0.6) is 11.5 Å². The Hall–Kier alpha value is -4.00. The zero-order chi connectivity index (χ0) is 20.7. The van der Waals surface area contributed by atoms with Crippen molar-refractivity contribution >= 4 is 22.3 Å². The lowest BCUT2D eigenvalue weighted by atomic mass is 10.2. The average Bonchev–Trinajstić information content (AvgIpc) is 3.15. The SMILES string of the molecule is COc1ccc(-n2c(-c3ccc(F)cc3)nc3nc4ccccc4nc32)cc1OC. The number of rotatable bonds is 4. The number of methoxy groups -OCH3 is 2. The maximum atomic E-state index is 13.5. The number of halogens is 1. The van der Waals surface area contributed by atoms with Crippen LogP contribution in [0.1, 0.15) is 0 Å². The fourth-order valence-corrected chi connectivity index (χ4v) is 3.46. The fraction of sp³-hybridized carbons (Fsp3) is 0.0870. The van der Waals surface area contributed by atoms with Crippen LogP contribution < -0.4 is 9.47 Å². The summed E-state index contributed by atoms with van der Waals surface area (Å²) in [4.78, 5) is 14.2. The van der Waals surface area contributed by atoms with Crippen LogP contribution in [0, 0.1) is 5.82 Å². The number of ether oxygens (including phenoxy) is 2. The van der Waals surface area contributed by atoms with Crippen LogP contribution in [0.4, 0.5) is 4.39 Å². The van der Waals surface area contributed by atoms with E-state index in [2.05, 4.69) is 4.98 Å². The second-order valence-electron chi connectivity index (χ2n) is 6.68. The molecule has 0 aliphatic carbocycles. The van der Waals surface area contributed by atoms with Crippen molar-refractivity contribution < 1.29 is 13.9 Å². The van der Waals surface area contributed by atoms with Crippen LogP contribution in [0.25, 0.3) is 39.4 Å². The molecule has 0 unspecified atom stereocenters. The van der Waals surface area contributed by atoms with Gasteiger partial charge in [-0.1, -0.05) is 12.1 Å². The standard InChI is InChI=1S/C23H17FN4O2/c1-29-19-12-11-16(13-20(19)30-2)28-22(14-7-9-15(24)10-8-14)27-21-23(28)26-18-6-4-3-5-17(18)25-21/h3-13H,1-2H3. The lowest BCUT2D eigenvalue weighted by Crippen LogP contribution is -2.01. The Bertz CT molecular complexity index is 1380. The Balaban J connectivity index is 1.84. The molecule has 5 aromatic rings. The first-order chi connectivity index (χ1) is 14.7. The van der Waals surface area contributed by atoms with E-state index in [1.54, 1.807) is 26.4 Å². The predicted octanol–water partition coefficient (Wildman–Crippen LogP) is 4.79. The zero-order valence-corrected chi connectivity index (χ0v) is 16.3. The Morgan fingerprint density at radius 2 is 1.47 bits per heavy atom. The van der Waals surface area contributed by atoms with Crippen molar-refractivity contribution in [2.24, 2.45) is 0 Å². The predicted molar refractivity (Wildman–Crippen MR) is 113 cm³/mol. The summed E-state index contributed by atoms with van der Waals surface area (Å²) >= 11 is 0. The van der Waals surface area contributed by atoms with E-state index in [9.17, 15) is 4.39 Å². The molecule has 0 saturated carbocycles. The largest absolute Gasteiger partial charge is 0.493 e. The lowest BCUT2D eigenvalue weighted by Gasteiger charge is -2.13. The number of hydrogen-bond donors (Lipinski definition) is 0. The van der Waals surface area contributed by atoms with Gasteiger partial charge in [0, 0.05) is 11.6 Å². The van der Waals surface area contributed by atoms with Gasteiger partial charge in [0.25, 0.3) is 0 Å². The summed E-state index contributed by atoms with van der Waals surface area (Å²) in [5.41, 5.74) is 4.14. The van der Waals surface area contributed by atoms with E-state index in [0.717, 1.165) is 22.3 Å². The molecule has 2 aromatic heterocycles. The maximum Gasteiger partial charge on any atom is 0.199 e. The average molecular weight is 400 g/mol. The molecule has 5 rings (SSSR count). The molecule has 0 N–H and O–H groups in total. The van der Waals surface area contributed by atoms with Gasteiger partial charge in [0.05, 0.1) is 30.9 Å². The first-order valence-corrected chi connectivity index (χ1v) is 9.31. The van der Waals surface area contributed by atoms with Crippen LogP contribution in [0.2, 0.25) is 0 Å². The number of imidazole rings is 1. The topological polar surface area (TPSA) is 62.1 Å². The third-order valence-corrected chi connectivity index (χ3v) is 4.90. The number of fused-ring (bicyclic) bond motifs is 2. The smallest absolute Gasteiger partial charge is 0.199 e. The minimum Gasteiger partial charge on any atom is -0.493 e.